The first-order valence-corrected chi connectivity index (χ1v) is 7.19. The van der Waals surface area contributed by atoms with Crippen molar-refractivity contribution >= 4 is 11.7 Å². The molecule has 9 heteroatoms. The zero-order valence-electron chi connectivity index (χ0n) is 12.6. The van der Waals surface area contributed by atoms with Crippen LogP contribution in [0.25, 0.3) is 0 Å². The summed E-state index contributed by atoms with van der Waals surface area (Å²) >= 11 is 0. The van der Waals surface area contributed by atoms with Gasteiger partial charge in [0.15, 0.2) is 0 Å². The largest absolute Gasteiger partial charge is 0.389 e. The summed E-state index contributed by atoms with van der Waals surface area (Å²) in [6, 6.07) is 1.27. The molecule has 2 N–H and O–H groups in total. The summed E-state index contributed by atoms with van der Waals surface area (Å²) in [5, 5.41) is 20.5. The first-order valence-electron chi connectivity index (χ1n) is 7.19. The van der Waals surface area contributed by atoms with E-state index in [-0.39, 0.29) is 23.7 Å². The average Bonchev–Trinajstić information content (AvgIpc) is 2.95. The van der Waals surface area contributed by atoms with E-state index >= 15 is 0 Å². The van der Waals surface area contributed by atoms with Crippen molar-refractivity contribution in [1.29, 1.82) is 0 Å². The Balaban J connectivity index is 1.86. The van der Waals surface area contributed by atoms with Gasteiger partial charge < -0.3 is 25.5 Å². The molecule has 1 aliphatic rings. The Bertz CT molecular complexity index is 519. The number of rotatable bonds is 7. The fraction of sp³-hybridized carbons (Fsp3) is 0.692. The lowest BCUT2D eigenvalue weighted by atomic mass is 9.79. The molecule has 9 nitrogen and oxygen atoms in total. The van der Waals surface area contributed by atoms with Crippen LogP contribution < -0.4 is 10.6 Å². The van der Waals surface area contributed by atoms with Gasteiger partial charge in [-0.3, -0.25) is 4.79 Å². The van der Waals surface area contributed by atoms with E-state index in [0.29, 0.717) is 13.2 Å². The van der Waals surface area contributed by atoms with E-state index in [2.05, 4.69) is 15.7 Å². The van der Waals surface area contributed by atoms with Gasteiger partial charge in [0.1, 0.15) is 6.54 Å². The van der Waals surface area contributed by atoms with E-state index in [4.69, 9.17) is 4.74 Å². The Hall–Kier alpha value is -2.00. The van der Waals surface area contributed by atoms with Crippen LogP contribution in [-0.2, 0) is 16.1 Å². The lowest BCUT2D eigenvalue weighted by Crippen LogP contribution is -2.47. The van der Waals surface area contributed by atoms with Gasteiger partial charge in [0.05, 0.1) is 24.0 Å². The van der Waals surface area contributed by atoms with Crippen LogP contribution in [0.2, 0.25) is 0 Å². The lowest BCUT2D eigenvalue weighted by molar-refractivity contribution is -0.389. The molecule has 22 heavy (non-hydrogen) atoms. The number of nitro groups is 1. The van der Waals surface area contributed by atoms with Crippen molar-refractivity contribution in [1.82, 2.24) is 20.4 Å². The van der Waals surface area contributed by atoms with Crippen LogP contribution in [0.1, 0.15) is 12.8 Å². The van der Waals surface area contributed by atoms with Crippen molar-refractivity contribution in [2.24, 2.45) is 5.41 Å². The van der Waals surface area contributed by atoms with Gasteiger partial charge in [-0.05, 0) is 30.9 Å². The van der Waals surface area contributed by atoms with Gasteiger partial charge in [0.25, 0.3) is 0 Å². The molecule has 1 amide bonds. The Kier molecular flexibility index (Phi) is 5.45. The standard InChI is InChI=1S/C13H21N5O4/c1-22-10-13(3-5-14-6-4-13)9-15-12(19)8-17-7-2-11(16-17)18(20)21/h2,7,14H,3-6,8-10H2,1H3,(H,15,19). The minimum atomic E-state index is -0.586. The lowest BCUT2D eigenvalue weighted by Gasteiger charge is -2.37. The van der Waals surface area contributed by atoms with E-state index in [1.54, 1.807) is 7.11 Å². The average molecular weight is 311 g/mol. The second-order valence-electron chi connectivity index (χ2n) is 5.59. The predicted octanol–water partition coefficient (Wildman–Crippen LogP) is -0.0763. The number of ether oxygens (including phenoxy) is 1. The molecule has 122 valence electrons. The molecule has 0 saturated carbocycles. The molecule has 0 aromatic carbocycles. The Morgan fingerprint density at radius 3 is 2.91 bits per heavy atom. The number of carbonyl (C=O) groups is 1. The van der Waals surface area contributed by atoms with Crippen molar-refractivity contribution in [3.8, 4) is 0 Å². The molecule has 0 radical (unpaired) electrons. The van der Waals surface area contributed by atoms with Gasteiger partial charge in [-0.2, -0.15) is 4.68 Å². The Morgan fingerprint density at radius 1 is 1.59 bits per heavy atom. The topological polar surface area (TPSA) is 111 Å². The molecule has 0 unspecified atom stereocenters. The van der Waals surface area contributed by atoms with Crippen LogP contribution in [0.4, 0.5) is 5.82 Å². The van der Waals surface area contributed by atoms with Crippen LogP contribution in [0.5, 0.6) is 0 Å². The Labute approximate surface area is 128 Å². The van der Waals surface area contributed by atoms with E-state index < -0.39 is 4.92 Å². The quantitative estimate of drug-likeness (QED) is 0.538. The fourth-order valence-corrected chi connectivity index (χ4v) is 2.66. The third kappa shape index (κ3) is 4.25. The molecule has 1 aromatic heterocycles. The van der Waals surface area contributed by atoms with Crippen molar-refractivity contribution in [3.05, 3.63) is 22.4 Å². The van der Waals surface area contributed by atoms with Crippen LogP contribution in [-0.4, -0.2) is 54.0 Å². The Morgan fingerprint density at radius 2 is 2.32 bits per heavy atom. The van der Waals surface area contributed by atoms with Gasteiger partial charge in [-0.1, -0.05) is 0 Å². The summed E-state index contributed by atoms with van der Waals surface area (Å²) in [6.45, 7) is 2.91. The molecule has 0 bridgehead atoms. The number of piperidine rings is 1. The molecule has 0 atom stereocenters. The highest BCUT2D eigenvalue weighted by Crippen LogP contribution is 2.28. The molecular weight excluding hydrogens is 290 g/mol. The highest BCUT2D eigenvalue weighted by molar-refractivity contribution is 5.75. The monoisotopic (exact) mass is 311 g/mol. The summed E-state index contributed by atoms with van der Waals surface area (Å²) in [6.07, 6.45) is 3.30. The number of methoxy groups -OCH3 is 1. The van der Waals surface area contributed by atoms with E-state index in [1.165, 1.54) is 16.9 Å². The van der Waals surface area contributed by atoms with Crippen molar-refractivity contribution in [3.63, 3.8) is 0 Å². The van der Waals surface area contributed by atoms with Gasteiger partial charge >= 0.3 is 5.82 Å². The number of nitrogens with one attached hydrogen (secondary N) is 2. The van der Waals surface area contributed by atoms with Crippen LogP contribution in [0.3, 0.4) is 0 Å². The van der Waals surface area contributed by atoms with Crippen LogP contribution in [0.15, 0.2) is 12.3 Å². The van der Waals surface area contributed by atoms with Gasteiger partial charge in [0.2, 0.25) is 5.91 Å². The maximum atomic E-state index is 12.0. The van der Waals surface area contributed by atoms with E-state index in [9.17, 15) is 14.9 Å². The summed E-state index contributed by atoms with van der Waals surface area (Å²) in [5.74, 6) is -0.478. The molecule has 1 aromatic rings. The number of nitrogens with zero attached hydrogens (tertiary/aromatic N) is 3. The zero-order valence-corrected chi connectivity index (χ0v) is 12.6. The smallest absolute Gasteiger partial charge is 0.384 e. The number of hydrogen-bond donors (Lipinski definition) is 2. The second kappa shape index (κ2) is 7.32. The number of carbonyl (C=O) groups excluding carboxylic acids is 1. The summed E-state index contributed by atoms with van der Waals surface area (Å²) < 4.78 is 6.56. The minimum absolute atomic E-state index is 0.0326. The van der Waals surface area contributed by atoms with Crippen molar-refractivity contribution < 1.29 is 14.5 Å². The highest BCUT2D eigenvalue weighted by atomic mass is 16.6. The number of amides is 1. The van der Waals surface area contributed by atoms with E-state index in [1.807, 2.05) is 0 Å². The normalized spacial score (nSPS) is 17.1. The third-order valence-electron chi connectivity index (χ3n) is 3.89. The van der Waals surface area contributed by atoms with Crippen molar-refractivity contribution in [2.45, 2.75) is 19.4 Å². The minimum Gasteiger partial charge on any atom is -0.384 e. The van der Waals surface area contributed by atoms with Crippen LogP contribution >= 0.6 is 0 Å². The SMILES string of the molecule is COCC1(CNC(=O)Cn2ccc([N+](=O)[O-])n2)CCNCC1. The van der Waals surface area contributed by atoms with Crippen molar-refractivity contribution in [2.75, 3.05) is 33.4 Å². The molecule has 1 saturated heterocycles. The van der Waals surface area contributed by atoms with Crippen LogP contribution in [0, 0.1) is 15.5 Å². The van der Waals surface area contributed by atoms with E-state index in [0.717, 1.165) is 25.9 Å². The molecule has 1 fully saturated rings. The molecule has 1 aliphatic heterocycles. The van der Waals surface area contributed by atoms with Gasteiger partial charge in [-0.25, -0.2) is 0 Å². The zero-order chi connectivity index (χ0) is 16.0. The summed E-state index contributed by atoms with van der Waals surface area (Å²) in [4.78, 5) is 22.0. The molecule has 0 aliphatic carbocycles. The van der Waals surface area contributed by atoms with Gasteiger partial charge in [0, 0.05) is 19.1 Å². The fourth-order valence-electron chi connectivity index (χ4n) is 2.66. The summed E-state index contributed by atoms with van der Waals surface area (Å²) in [5.41, 5.74) is -0.0498. The predicted molar refractivity (Wildman–Crippen MR) is 78.3 cm³/mol. The highest BCUT2D eigenvalue weighted by Gasteiger charge is 2.32. The van der Waals surface area contributed by atoms with Gasteiger partial charge in [-0.15, -0.1) is 0 Å². The maximum absolute atomic E-state index is 12.0. The molecule has 2 heterocycles. The summed E-state index contributed by atoms with van der Waals surface area (Å²) in [7, 11) is 1.66. The maximum Gasteiger partial charge on any atom is 0.389 e. The first-order chi connectivity index (χ1) is 10.5. The number of aromatic nitrogens is 2. The molecular formula is C13H21N5O4. The molecule has 2 rings (SSSR count). The molecule has 0 spiro atoms. The third-order valence-corrected chi connectivity index (χ3v) is 3.89. The second-order valence-corrected chi connectivity index (χ2v) is 5.59. The first kappa shape index (κ1) is 16.4. The number of hydrogen-bond acceptors (Lipinski definition) is 6.